The van der Waals surface area contributed by atoms with E-state index in [1.165, 1.54) is 35.5 Å². The summed E-state index contributed by atoms with van der Waals surface area (Å²) in [4.78, 5) is 26.9. The van der Waals surface area contributed by atoms with Crippen LogP contribution < -0.4 is 0 Å². The highest BCUT2D eigenvalue weighted by molar-refractivity contribution is 7.89. The number of carbonyl (C=O) groups is 2. The van der Waals surface area contributed by atoms with Crippen LogP contribution in [0.15, 0.2) is 29.2 Å². The smallest absolute Gasteiger partial charge is 0.338 e. The molecule has 1 amide bonds. The summed E-state index contributed by atoms with van der Waals surface area (Å²) >= 11 is 0. The second kappa shape index (κ2) is 9.05. The van der Waals surface area contributed by atoms with Crippen molar-refractivity contribution in [3.63, 3.8) is 0 Å². The molecule has 1 fully saturated rings. The number of hydrogen-bond donors (Lipinski definition) is 0. The van der Waals surface area contributed by atoms with Gasteiger partial charge in [-0.15, -0.1) is 0 Å². The summed E-state index contributed by atoms with van der Waals surface area (Å²) in [5.74, 6) is -0.994. The fraction of sp³-hybridized carbons (Fsp3) is 0.600. The highest BCUT2D eigenvalue weighted by Gasteiger charge is 2.30. The second-order valence-electron chi connectivity index (χ2n) is 7.62. The normalized spacial score (nSPS) is 16.4. The second-order valence-corrected chi connectivity index (χ2v) is 9.56. The van der Waals surface area contributed by atoms with E-state index in [9.17, 15) is 18.0 Å². The Balaban J connectivity index is 2.15. The lowest BCUT2D eigenvalue weighted by Gasteiger charge is -2.32. The van der Waals surface area contributed by atoms with Gasteiger partial charge in [-0.2, -0.15) is 4.31 Å². The Morgan fingerprint density at radius 3 is 2.14 bits per heavy atom. The Bertz CT molecular complexity index is 806. The lowest BCUT2D eigenvalue weighted by atomic mass is 10.2. The molecule has 0 aromatic heterocycles. The van der Waals surface area contributed by atoms with Crippen molar-refractivity contribution in [2.24, 2.45) is 0 Å². The molecule has 1 aliphatic rings. The molecule has 0 bridgehead atoms. The number of rotatable bonds is 7. The van der Waals surface area contributed by atoms with E-state index in [-0.39, 0.29) is 28.4 Å². The molecule has 0 spiro atoms. The SMILES string of the molecule is CC(C)N(C(=O)[C@H](C)OC(=O)c1cccc(S(=O)(=O)N2CCCC2)c1)C(C)C. The van der Waals surface area contributed by atoms with Crippen molar-refractivity contribution in [1.82, 2.24) is 9.21 Å². The fourth-order valence-electron chi connectivity index (χ4n) is 3.46. The van der Waals surface area contributed by atoms with Crippen molar-refractivity contribution < 1.29 is 22.7 Å². The van der Waals surface area contributed by atoms with Crippen LogP contribution in [0.25, 0.3) is 0 Å². The lowest BCUT2D eigenvalue weighted by molar-refractivity contribution is -0.143. The minimum atomic E-state index is -3.63. The monoisotopic (exact) mass is 410 g/mol. The minimum Gasteiger partial charge on any atom is -0.449 e. The first-order valence-electron chi connectivity index (χ1n) is 9.69. The predicted octanol–water partition coefficient (Wildman–Crippen LogP) is 2.66. The summed E-state index contributed by atoms with van der Waals surface area (Å²) < 4.78 is 32.1. The van der Waals surface area contributed by atoms with Gasteiger partial charge >= 0.3 is 5.97 Å². The van der Waals surface area contributed by atoms with Crippen LogP contribution in [0.3, 0.4) is 0 Å². The van der Waals surface area contributed by atoms with Crippen LogP contribution in [0.1, 0.15) is 57.8 Å². The van der Waals surface area contributed by atoms with Gasteiger partial charge in [-0.25, -0.2) is 13.2 Å². The number of benzene rings is 1. The first kappa shape index (κ1) is 22.4. The van der Waals surface area contributed by atoms with Gasteiger partial charge in [-0.05, 0) is 65.7 Å². The average molecular weight is 411 g/mol. The minimum absolute atomic E-state index is 0.0254. The van der Waals surface area contributed by atoms with Gasteiger partial charge in [0.05, 0.1) is 10.5 Å². The number of hydrogen-bond acceptors (Lipinski definition) is 5. The number of ether oxygens (including phenoxy) is 1. The highest BCUT2D eigenvalue weighted by atomic mass is 32.2. The third-order valence-corrected chi connectivity index (χ3v) is 6.67. The van der Waals surface area contributed by atoms with E-state index in [4.69, 9.17) is 4.74 Å². The van der Waals surface area contributed by atoms with E-state index in [0.29, 0.717) is 13.1 Å². The van der Waals surface area contributed by atoms with E-state index in [0.717, 1.165) is 12.8 Å². The molecule has 8 heteroatoms. The van der Waals surface area contributed by atoms with E-state index in [1.54, 1.807) is 4.90 Å². The Morgan fingerprint density at radius 1 is 1.04 bits per heavy atom. The van der Waals surface area contributed by atoms with Gasteiger partial charge in [0.15, 0.2) is 6.10 Å². The molecular weight excluding hydrogens is 380 g/mol. The highest BCUT2D eigenvalue weighted by Crippen LogP contribution is 2.22. The maximum Gasteiger partial charge on any atom is 0.338 e. The van der Waals surface area contributed by atoms with Crippen molar-refractivity contribution in [3.8, 4) is 0 Å². The number of amides is 1. The predicted molar refractivity (Wildman–Crippen MR) is 106 cm³/mol. The molecule has 1 aliphatic heterocycles. The first-order chi connectivity index (χ1) is 13.1. The first-order valence-corrected chi connectivity index (χ1v) is 11.1. The molecule has 1 atom stereocenters. The number of esters is 1. The van der Waals surface area contributed by atoms with Crippen molar-refractivity contribution in [1.29, 1.82) is 0 Å². The fourth-order valence-corrected chi connectivity index (χ4v) is 5.02. The lowest BCUT2D eigenvalue weighted by Crippen LogP contribution is -2.47. The van der Waals surface area contributed by atoms with Gasteiger partial charge in [-0.1, -0.05) is 6.07 Å². The summed E-state index contributed by atoms with van der Waals surface area (Å²) in [6.07, 6.45) is 0.710. The zero-order chi connectivity index (χ0) is 21.1. The number of nitrogens with zero attached hydrogens (tertiary/aromatic N) is 2. The standard InChI is InChI=1S/C20H30N2O5S/c1-14(2)22(15(3)4)19(23)16(5)27-20(24)17-9-8-10-18(13-17)28(25,26)21-11-6-7-12-21/h8-10,13-16H,6-7,11-12H2,1-5H3/t16-/m0/s1. The van der Waals surface area contributed by atoms with E-state index < -0.39 is 22.1 Å². The molecule has 1 heterocycles. The van der Waals surface area contributed by atoms with Gasteiger partial charge in [-0.3, -0.25) is 4.79 Å². The van der Waals surface area contributed by atoms with Crippen LogP contribution in [0, 0.1) is 0 Å². The third-order valence-electron chi connectivity index (χ3n) is 4.77. The zero-order valence-corrected chi connectivity index (χ0v) is 18.0. The molecule has 28 heavy (non-hydrogen) atoms. The molecule has 0 aliphatic carbocycles. The van der Waals surface area contributed by atoms with Crippen LogP contribution in [0.5, 0.6) is 0 Å². The summed E-state index contributed by atoms with van der Waals surface area (Å²) in [5.41, 5.74) is 0.112. The topological polar surface area (TPSA) is 84.0 Å². The molecule has 1 saturated heterocycles. The molecule has 0 unspecified atom stereocenters. The van der Waals surface area contributed by atoms with Crippen LogP contribution in [0.4, 0.5) is 0 Å². The van der Waals surface area contributed by atoms with E-state index >= 15 is 0 Å². The van der Waals surface area contributed by atoms with Crippen LogP contribution in [-0.2, 0) is 19.6 Å². The van der Waals surface area contributed by atoms with Crippen molar-refractivity contribution in [2.45, 2.75) is 70.5 Å². The maximum atomic E-state index is 12.7. The molecule has 2 rings (SSSR count). The largest absolute Gasteiger partial charge is 0.449 e. The Hall–Kier alpha value is -1.93. The molecule has 1 aromatic carbocycles. The molecule has 0 radical (unpaired) electrons. The van der Waals surface area contributed by atoms with Gasteiger partial charge in [0, 0.05) is 25.2 Å². The Kier molecular flexibility index (Phi) is 7.22. The van der Waals surface area contributed by atoms with Crippen LogP contribution >= 0.6 is 0 Å². The maximum absolute atomic E-state index is 12.7. The molecule has 0 N–H and O–H groups in total. The summed E-state index contributed by atoms with van der Waals surface area (Å²) in [6, 6.07) is 5.74. The van der Waals surface area contributed by atoms with Gasteiger partial charge in [0.25, 0.3) is 5.91 Å². The molecule has 0 saturated carbocycles. The Morgan fingerprint density at radius 2 is 1.61 bits per heavy atom. The van der Waals surface area contributed by atoms with Crippen LogP contribution in [0.2, 0.25) is 0 Å². The van der Waals surface area contributed by atoms with Gasteiger partial charge in [0.2, 0.25) is 10.0 Å². The molecular formula is C20H30N2O5S. The molecule has 156 valence electrons. The van der Waals surface area contributed by atoms with Gasteiger partial charge < -0.3 is 9.64 Å². The van der Waals surface area contributed by atoms with Crippen molar-refractivity contribution in [2.75, 3.05) is 13.1 Å². The van der Waals surface area contributed by atoms with Crippen LogP contribution in [-0.4, -0.2) is 60.8 Å². The van der Waals surface area contributed by atoms with Gasteiger partial charge in [0.1, 0.15) is 0 Å². The quantitative estimate of drug-likeness (QED) is 0.645. The Labute approximate surface area is 167 Å². The van der Waals surface area contributed by atoms with E-state index in [1.807, 2.05) is 27.7 Å². The third kappa shape index (κ3) is 4.91. The van der Waals surface area contributed by atoms with Crippen molar-refractivity contribution in [3.05, 3.63) is 29.8 Å². The molecule has 1 aromatic rings. The summed E-state index contributed by atoms with van der Waals surface area (Å²) in [7, 11) is -3.63. The zero-order valence-electron chi connectivity index (χ0n) is 17.2. The summed E-state index contributed by atoms with van der Waals surface area (Å²) in [5, 5.41) is 0. The van der Waals surface area contributed by atoms with Crippen molar-refractivity contribution >= 4 is 21.9 Å². The number of sulfonamides is 1. The average Bonchev–Trinajstić information content (AvgIpc) is 3.16. The number of carbonyl (C=O) groups excluding carboxylic acids is 2. The summed E-state index contributed by atoms with van der Waals surface area (Å²) in [6.45, 7) is 10.1. The van der Waals surface area contributed by atoms with E-state index in [2.05, 4.69) is 0 Å². The molecule has 7 nitrogen and oxygen atoms in total.